The van der Waals surface area contributed by atoms with E-state index in [0.717, 1.165) is 19.5 Å². The topological polar surface area (TPSA) is 49.3 Å². The standard InChI is InChI=1S/C16H23NO2/c1-11-6-4-5-7-14(11)16(2,3)10-17-9-12-8-13(12)15(18)19/h4-7,12-13,17H,8-10H2,1-3H3,(H,18,19). The summed E-state index contributed by atoms with van der Waals surface area (Å²) in [7, 11) is 0. The molecular weight excluding hydrogens is 238 g/mol. The Morgan fingerprint density at radius 2 is 2.11 bits per heavy atom. The van der Waals surface area contributed by atoms with Gasteiger partial charge in [0.05, 0.1) is 5.92 Å². The van der Waals surface area contributed by atoms with Crippen molar-refractivity contribution in [3.63, 3.8) is 0 Å². The second-order valence-electron chi connectivity index (χ2n) is 6.27. The average molecular weight is 261 g/mol. The Bertz CT molecular complexity index is 468. The lowest BCUT2D eigenvalue weighted by molar-refractivity contribution is -0.138. The van der Waals surface area contributed by atoms with E-state index in [0.29, 0.717) is 5.92 Å². The van der Waals surface area contributed by atoms with Crippen LogP contribution in [0.1, 0.15) is 31.4 Å². The van der Waals surface area contributed by atoms with Gasteiger partial charge in [-0.25, -0.2) is 0 Å². The number of benzene rings is 1. The van der Waals surface area contributed by atoms with E-state index in [1.54, 1.807) is 0 Å². The molecule has 1 saturated carbocycles. The van der Waals surface area contributed by atoms with E-state index >= 15 is 0 Å². The van der Waals surface area contributed by atoms with Gasteiger partial charge in [-0.1, -0.05) is 38.1 Å². The van der Waals surface area contributed by atoms with Crippen molar-refractivity contribution in [3.05, 3.63) is 35.4 Å². The van der Waals surface area contributed by atoms with Gasteiger partial charge in [-0.2, -0.15) is 0 Å². The lowest BCUT2D eigenvalue weighted by atomic mass is 9.82. The molecule has 0 spiro atoms. The molecule has 1 aliphatic rings. The summed E-state index contributed by atoms with van der Waals surface area (Å²) in [6, 6.07) is 8.45. The van der Waals surface area contributed by atoms with Crippen LogP contribution in [0.4, 0.5) is 0 Å². The first kappa shape index (κ1) is 14.1. The van der Waals surface area contributed by atoms with Gasteiger partial charge in [0.15, 0.2) is 0 Å². The van der Waals surface area contributed by atoms with E-state index in [1.807, 2.05) is 0 Å². The van der Waals surface area contributed by atoms with Crippen molar-refractivity contribution >= 4 is 5.97 Å². The van der Waals surface area contributed by atoms with Crippen LogP contribution in [0.5, 0.6) is 0 Å². The van der Waals surface area contributed by atoms with E-state index in [1.165, 1.54) is 11.1 Å². The molecule has 3 nitrogen and oxygen atoms in total. The molecule has 0 heterocycles. The summed E-state index contributed by atoms with van der Waals surface area (Å²) < 4.78 is 0. The monoisotopic (exact) mass is 261 g/mol. The Hall–Kier alpha value is -1.35. The van der Waals surface area contributed by atoms with Crippen LogP contribution in [-0.4, -0.2) is 24.2 Å². The fraction of sp³-hybridized carbons (Fsp3) is 0.562. The molecule has 2 unspecified atom stereocenters. The van der Waals surface area contributed by atoms with Gasteiger partial charge in [-0.15, -0.1) is 0 Å². The summed E-state index contributed by atoms with van der Waals surface area (Å²) in [5.74, 6) is -0.441. The van der Waals surface area contributed by atoms with E-state index in [9.17, 15) is 4.79 Å². The van der Waals surface area contributed by atoms with Crippen LogP contribution in [0.15, 0.2) is 24.3 Å². The van der Waals surface area contributed by atoms with E-state index in [-0.39, 0.29) is 11.3 Å². The van der Waals surface area contributed by atoms with Crippen LogP contribution < -0.4 is 5.32 Å². The predicted octanol–water partition coefficient (Wildman–Crippen LogP) is 2.58. The molecule has 2 rings (SSSR count). The maximum Gasteiger partial charge on any atom is 0.306 e. The van der Waals surface area contributed by atoms with Gasteiger partial charge in [0, 0.05) is 12.0 Å². The van der Waals surface area contributed by atoms with Gasteiger partial charge in [0.25, 0.3) is 0 Å². The first-order chi connectivity index (χ1) is 8.92. The SMILES string of the molecule is Cc1ccccc1C(C)(C)CNCC1CC1C(=O)O. The van der Waals surface area contributed by atoms with Crippen LogP contribution in [0, 0.1) is 18.8 Å². The third-order valence-electron chi connectivity index (χ3n) is 4.09. The van der Waals surface area contributed by atoms with Crippen LogP contribution in [0.2, 0.25) is 0 Å². The minimum Gasteiger partial charge on any atom is -0.481 e. The second kappa shape index (κ2) is 5.33. The Balaban J connectivity index is 1.85. The van der Waals surface area contributed by atoms with Crippen molar-refractivity contribution in [1.29, 1.82) is 0 Å². The third kappa shape index (κ3) is 3.35. The molecule has 1 aromatic carbocycles. The Morgan fingerprint density at radius 1 is 1.42 bits per heavy atom. The maximum atomic E-state index is 10.8. The zero-order chi connectivity index (χ0) is 14.0. The number of rotatable bonds is 6. The smallest absolute Gasteiger partial charge is 0.306 e. The fourth-order valence-electron chi connectivity index (χ4n) is 2.77. The number of carboxylic acid groups (broad SMARTS) is 1. The summed E-state index contributed by atoms with van der Waals surface area (Å²) in [6.45, 7) is 8.28. The Morgan fingerprint density at radius 3 is 2.68 bits per heavy atom. The van der Waals surface area contributed by atoms with E-state index in [2.05, 4.69) is 50.4 Å². The molecule has 0 radical (unpaired) electrons. The van der Waals surface area contributed by atoms with Gasteiger partial charge in [-0.3, -0.25) is 4.79 Å². The van der Waals surface area contributed by atoms with E-state index in [4.69, 9.17) is 5.11 Å². The van der Waals surface area contributed by atoms with Crippen LogP contribution in [-0.2, 0) is 10.2 Å². The van der Waals surface area contributed by atoms with Gasteiger partial charge in [0.1, 0.15) is 0 Å². The van der Waals surface area contributed by atoms with Gasteiger partial charge in [-0.05, 0) is 36.9 Å². The molecule has 0 aliphatic heterocycles. The quantitative estimate of drug-likeness (QED) is 0.827. The molecule has 0 bridgehead atoms. The average Bonchev–Trinajstić information content (AvgIpc) is 3.09. The third-order valence-corrected chi connectivity index (χ3v) is 4.09. The van der Waals surface area contributed by atoms with Gasteiger partial charge < -0.3 is 10.4 Å². The maximum absolute atomic E-state index is 10.8. The molecule has 19 heavy (non-hydrogen) atoms. The molecule has 2 N–H and O–H groups in total. The molecular formula is C16H23NO2. The second-order valence-corrected chi connectivity index (χ2v) is 6.27. The van der Waals surface area contributed by atoms with Crippen molar-refractivity contribution in [2.75, 3.05) is 13.1 Å². The number of aryl methyl sites for hydroxylation is 1. The highest BCUT2D eigenvalue weighted by atomic mass is 16.4. The highest BCUT2D eigenvalue weighted by molar-refractivity contribution is 5.73. The normalized spacial score (nSPS) is 22.3. The lowest BCUT2D eigenvalue weighted by Gasteiger charge is -2.27. The zero-order valence-corrected chi connectivity index (χ0v) is 11.9. The number of nitrogens with one attached hydrogen (secondary N) is 1. The molecule has 1 fully saturated rings. The highest BCUT2D eigenvalue weighted by Crippen LogP contribution is 2.38. The van der Waals surface area contributed by atoms with Crippen molar-refractivity contribution in [3.8, 4) is 0 Å². The van der Waals surface area contributed by atoms with Gasteiger partial charge in [0.2, 0.25) is 0 Å². The highest BCUT2D eigenvalue weighted by Gasteiger charge is 2.42. The Labute approximate surface area is 115 Å². The van der Waals surface area contributed by atoms with Gasteiger partial charge >= 0.3 is 5.97 Å². The number of carbonyl (C=O) groups is 1. The van der Waals surface area contributed by atoms with Crippen LogP contribution in [0.3, 0.4) is 0 Å². The number of hydrogen-bond donors (Lipinski definition) is 2. The molecule has 2 atom stereocenters. The van der Waals surface area contributed by atoms with E-state index < -0.39 is 5.97 Å². The van der Waals surface area contributed by atoms with Crippen molar-refractivity contribution < 1.29 is 9.90 Å². The van der Waals surface area contributed by atoms with Crippen molar-refractivity contribution in [1.82, 2.24) is 5.32 Å². The largest absolute Gasteiger partial charge is 0.481 e. The Kier molecular flexibility index (Phi) is 3.95. The van der Waals surface area contributed by atoms with Crippen LogP contribution in [0.25, 0.3) is 0 Å². The molecule has 3 heteroatoms. The van der Waals surface area contributed by atoms with Crippen molar-refractivity contribution in [2.24, 2.45) is 11.8 Å². The summed E-state index contributed by atoms with van der Waals surface area (Å²) in [6.07, 6.45) is 0.827. The minimum atomic E-state index is -0.648. The first-order valence-electron chi connectivity index (χ1n) is 6.91. The molecule has 0 aromatic heterocycles. The van der Waals surface area contributed by atoms with Crippen molar-refractivity contribution in [2.45, 2.75) is 32.6 Å². The number of aliphatic carboxylic acids is 1. The molecule has 0 amide bonds. The molecule has 1 aromatic rings. The minimum absolute atomic E-state index is 0.0684. The number of hydrogen-bond acceptors (Lipinski definition) is 2. The summed E-state index contributed by atoms with van der Waals surface area (Å²) >= 11 is 0. The zero-order valence-electron chi connectivity index (χ0n) is 11.9. The molecule has 104 valence electrons. The fourth-order valence-corrected chi connectivity index (χ4v) is 2.77. The summed E-state index contributed by atoms with van der Waals surface area (Å²) in [4.78, 5) is 10.8. The summed E-state index contributed by atoms with van der Waals surface area (Å²) in [5, 5.41) is 12.3. The first-order valence-corrected chi connectivity index (χ1v) is 6.91. The molecule has 0 saturated heterocycles. The number of carboxylic acids is 1. The molecule has 1 aliphatic carbocycles. The predicted molar refractivity (Wildman–Crippen MR) is 76.3 cm³/mol. The summed E-state index contributed by atoms with van der Waals surface area (Å²) in [5.41, 5.74) is 2.73. The van der Waals surface area contributed by atoms with Crippen LogP contribution >= 0.6 is 0 Å². The lowest BCUT2D eigenvalue weighted by Crippen LogP contribution is -2.34.